The molecule has 2 aliphatic rings. The molecular weight excluding hydrogens is 248 g/mol. The molecule has 2 nitrogen and oxygen atoms in total. The number of ether oxygens (including phenoxy) is 1. The number of rotatable bonds is 5. The van der Waals surface area contributed by atoms with Gasteiger partial charge in [0.25, 0.3) is 0 Å². The van der Waals surface area contributed by atoms with Gasteiger partial charge in [0.05, 0.1) is 5.41 Å². The molecule has 2 rings (SSSR count). The first-order valence-electron chi connectivity index (χ1n) is 8.13. The molecule has 0 aliphatic heterocycles. The Bertz CT molecular complexity index is 416. The highest BCUT2D eigenvalue weighted by Crippen LogP contribution is 2.51. The summed E-state index contributed by atoms with van der Waals surface area (Å²) in [4.78, 5) is 12.6. The van der Waals surface area contributed by atoms with Gasteiger partial charge >= 0.3 is 5.97 Å². The highest BCUT2D eigenvalue weighted by molar-refractivity contribution is 5.76. The Morgan fingerprint density at radius 3 is 2.15 bits per heavy atom. The van der Waals surface area contributed by atoms with Crippen molar-refractivity contribution in [2.75, 3.05) is 0 Å². The van der Waals surface area contributed by atoms with Crippen LogP contribution in [0.4, 0.5) is 0 Å². The smallest absolute Gasteiger partial charge is 0.313 e. The van der Waals surface area contributed by atoms with Crippen LogP contribution in [0.1, 0.15) is 72.6 Å². The van der Waals surface area contributed by atoms with Gasteiger partial charge in [-0.25, -0.2) is 0 Å². The Labute approximate surface area is 123 Å². The fourth-order valence-electron chi connectivity index (χ4n) is 3.23. The molecule has 2 aliphatic carbocycles. The first kappa shape index (κ1) is 15.4. The van der Waals surface area contributed by atoms with Crippen LogP contribution < -0.4 is 0 Å². The predicted octanol–water partition coefficient (Wildman–Crippen LogP) is 4.33. The number of esters is 1. The molecule has 0 bridgehead atoms. The van der Waals surface area contributed by atoms with E-state index in [1.165, 1.54) is 12.8 Å². The highest BCUT2D eigenvalue weighted by atomic mass is 16.6. The van der Waals surface area contributed by atoms with Crippen molar-refractivity contribution >= 4 is 5.97 Å². The summed E-state index contributed by atoms with van der Waals surface area (Å²) in [5.41, 5.74) is -0.900. The maximum absolute atomic E-state index is 12.6. The summed E-state index contributed by atoms with van der Waals surface area (Å²) in [7, 11) is 0. The molecular formula is C18H28O2. The Kier molecular flexibility index (Phi) is 4.47. The lowest BCUT2D eigenvalue weighted by atomic mass is 9.81. The molecule has 2 heteroatoms. The van der Waals surface area contributed by atoms with Gasteiger partial charge in [0.1, 0.15) is 0 Å². The van der Waals surface area contributed by atoms with E-state index in [4.69, 9.17) is 4.74 Å². The molecule has 0 heterocycles. The zero-order valence-corrected chi connectivity index (χ0v) is 13.4. The van der Waals surface area contributed by atoms with E-state index in [0.29, 0.717) is 11.8 Å². The van der Waals surface area contributed by atoms with E-state index in [-0.39, 0.29) is 5.97 Å². The third-order valence-corrected chi connectivity index (χ3v) is 5.16. The highest BCUT2D eigenvalue weighted by Gasteiger charge is 2.54. The average Bonchev–Trinajstić information content (AvgIpc) is 3.13. The fraction of sp³-hybridized carbons (Fsp3) is 0.833. The minimum Gasteiger partial charge on any atom is -0.445 e. The standard InChI is InChI=1S/C18H28O2/c1-5-13-18(15-11-12-15,14-9-7-8-10-14)20-16(19)17(3,4)6-2/h14-15H,6-12H2,1-4H3. The Morgan fingerprint density at radius 2 is 1.70 bits per heavy atom. The lowest BCUT2D eigenvalue weighted by molar-refractivity contribution is -0.172. The van der Waals surface area contributed by atoms with Crippen LogP contribution in [0.15, 0.2) is 0 Å². The zero-order valence-electron chi connectivity index (χ0n) is 13.4. The maximum atomic E-state index is 12.6. The van der Waals surface area contributed by atoms with Crippen LogP contribution in [0.5, 0.6) is 0 Å². The predicted molar refractivity (Wildman–Crippen MR) is 81.0 cm³/mol. The molecule has 0 spiro atoms. The number of hydrogen-bond donors (Lipinski definition) is 0. The summed E-state index contributed by atoms with van der Waals surface area (Å²) in [6.07, 6.45) is 7.93. The SMILES string of the molecule is CC#CC(OC(=O)C(C)(C)CC)(C1CCCC1)C1CC1. The van der Waals surface area contributed by atoms with Gasteiger partial charge in [-0.2, -0.15) is 0 Å². The summed E-state index contributed by atoms with van der Waals surface area (Å²) in [6, 6.07) is 0. The van der Waals surface area contributed by atoms with Crippen molar-refractivity contribution in [3.63, 3.8) is 0 Å². The molecule has 0 N–H and O–H groups in total. The molecule has 1 unspecified atom stereocenters. The molecule has 0 aromatic rings. The second-order valence-electron chi connectivity index (χ2n) is 7.05. The van der Waals surface area contributed by atoms with Gasteiger partial charge in [-0.15, -0.1) is 5.92 Å². The van der Waals surface area contributed by atoms with Crippen molar-refractivity contribution in [2.45, 2.75) is 78.2 Å². The van der Waals surface area contributed by atoms with Gasteiger partial charge in [0.15, 0.2) is 5.60 Å². The van der Waals surface area contributed by atoms with E-state index < -0.39 is 11.0 Å². The molecule has 0 aromatic carbocycles. The van der Waals surface area contributed by atoms with E-state index in [2.05, 4.69) is 11.8 Å². The Morgan fingerprint density at radius 1 is 1.15 bits per heavy atom. The summed E-state index contributed by atoms with van der Waals surface area (Å²) >= 11 is 0. The van der Waals surface area contributed by atoms with Crippen LogP contribution in [-0.2, 0) is 9.53 Å². The van der Waals surface area contributed by atoms with Crippen molar-refractivity contribution in [2.24, 2.45) is 17.3 Å². The fourth-order valence-corrected chi connectivity index (χ4v) is 3.23. The maximum Gasteiger partial charge on any atom is 0.313 e. The molecule has 1 atom stereocenters. The van der Waals surface area contributed by atoms with Crippen molar-refractivity contribution in [3.05, 3.63) is 0 Å². The van der Waals surface area contributed by atoms with Crippen molar-refractivity contribution < 1.29 is 9.53 Å². The van der Waals surface area contributed by atoms with Crippen LogP contribution in [0.25, 0.3) is 0 Å². The van der Waals surface area contributed by atoms with E-state index in [1.54, 1.807) is 0 Å². The zero-order chi connectivity index (χ0) is 14.8. The van der Waals surface area contributed by atoms with Crippen molar-refractivity contribution in [1.29, 1.82) is 0 Å². The summed E-state index contributed by atoms with van der Waals surface area (Å²) < 4.78 is 6.13. The molecule has 20 heavy (non-hydrogen) atoms. The molecule has 0 aromatic heterocycles. The minimum atomic E-state index is -0.491. The summed E-state index contributed by atoms with van der Waals surface area (Å²) in [5.74, 6) is 7.23. The molecule has 2 fully saturated rings. The van der Waals surface area contributed by atoms with Crippen molar-refractivity contribution in [3.8, 4) is 11.8 Å². The topological polar surface area (TPSA) is 26.3 Å². The lowest BCUT2D eigenvalue weighted by Gasteiger charge is -2.37. The first-order chi connectivity index (χ1) is 9.46. The van der Waals surface area contributed by atoms with Gasteiger partial charge in [-0.05, 0) is 52.9 Å². The second-order valence-corrected chi connectivity index (χ2v) is 7.05. The van der Waals surface area contributed by atoms with Crippen LogP contribution in [-0.4, -0.2) is 11.6 Å². The normalized spacial score (nSPS) is 22.8. The van der Waals surface area contributed by atoms with Crippen LogP contribution in [0, 0.1) is 29.1 Å². The summed E-state index contributed by atoms with van der Waals surface area (Å²) in [6.45, 7) is 7.86. The molecule has 112 valence electrons. The number of carbonyl (C=O) groups is 1. The molecule has 0 amide bonds. The monoisotopic (exact) mass is 276 g/mol. The van der Waals surface area contributed by atoms with Crippen LogP contribution >= 0.6 is 0 Å². The number of carbonyl (C=O) groups excluding carboxylic acids is 1. The van der Waals surface area contributed by atoms with E-state index in [9.17, 15) is 4.79 Å². The van der Waals surface area contributed by atoms with Gasteiger partial charge in [0.2, 0.25) is 0 Å². The Hall–Kier alpha value is -0.970. The third kappa shape index (κ3) is 2.87. The van der Waals surface area contributed by atoms with E-state index in [0.717, 1.165) is 32.1 Å². The van der Waals surface area contributed by atoms with E-state index in [1.807, 2.05) is 27.7 Å². The third-order valence-electron chi connectivity index (χ3n) is 5.16. The van der Waals surface area contributed by atoms with Crippen LogP contribution in [0.3, 0.4) is 0 Å². The lowest BCUT2D eigenvalue weighted by Crippen LogP contribution is -2.45. The van der Waals surface area contributed by atoms with Gasteiger partial charge in [0, 0.05) is 11.8 Å². The first-order valence-corrected chi connectivity index (χ1v) is 8.13. The number of hydrogen-bond acceptors (Lipinski definition) is 2. The van der Waals surface area contributed by atoms with E-state index >= 15 is 0 Å². The largest absolute Gasteiger partial charge is 0.445 e. The summed E-state index contributed by atoms with van der Waals surface area (Å²) in [5, 5.41) is 0. The second kappa shape index (κ2) is 5.80. The molecule has 0 saturated heterocycles. The molecule has 2 saturated carbocycles. The Balaban J connectivity index is 2.25. The van der Waals surface area contributed by atoms with Crippen LogP contribution in [0.2, 0.25) is 0 Å². The van der Waals surface area contributed by atoms with Gasteiger partial charge < -0.3 is 4.74 Å². The molecule has 0 radical (unpaired) electrons. The van der Waals surface area contributed by atoms with Gasteiger partial charge in [-0.3, -0.25) is 4.79 Å². The average molecular weight is 276 g/mol. The quantitative estimate of drug-likeness (QED) is 0.552. The van der Waals surface area contributed by atoms with Gasteiger partial charge in [-0.1, -0.05) is 25.7 Å². The minimum absolute atomic E-state index is 0.0680. The van der Waals surface area contributed by atoms with Crippen molar-refractivity contribution in [1.82, 2.24) is 0 Å².